The van der Waals surface area contributed by atoms with Crippen LogP contribution in [0.2, 0.25) is 0 Å². The van der Waals surface area contributed by atoms with Crippen molar-refractivity contribution < 1.29 is 9.59 Å². The highest BCUT2D eigenvalue weighted by molar-refractivity contribution is 6.30. The maximum Gasteiger partial charge on any atom is 0.164 e. The van der Waals surface area contributed by atoms with Crippen LogP contribution in [-0.4, -0.2) is 35.4 Å². The van der Waals surface area contributed by atoms with Crippen LogP contribution >= 0.6 is 11.6 Å². The zero-order valence-corrected chi connectivity index (χ0v) is 23.0. The zero-order valence-electron chi connectivity index (χ0n) is 22.2. The van der Waals surface area contributed by atoms with Gasteiger partial charge in [0.25, 0.3) is 0 Å². The summed E-state index contributed by atoms with van der Waals surface area (Å²) in [4.78, 5) is 30.4. The average molecular weight is 539 g/mol. The monoisotopic (exact) mass is 538 g/mol. The number of allylic oxidation sites excluding steroid dienone is 3. The Balaban J connectivity index is 1.62. The molecule has 1 N–H and O–H groups in total. The van der Waals surface area contributed by atoms with Crippen molar-refractivity contribution >= 4 is 34.6 Å². The molecule has 0 aliphatic rings. The Morgan fingerprint density at radius 1 is 0.872 bits per heavy atom. The molecule has 0 aliphatic heterocycles. The lowest BCUT2D eigenvalue weighted by molar-refractivity contribution is -0.114. The van der Waals surface area contributed by atoms with Crippen LogP contribution in [0.1, 0.15) is 48.0 Å². The van der Waals surface area contributed by atoms with Crippen molar-refractivity contribution in [1.82, 2.24) is 0 Å². The van der Waals surface area contributed by atoms with Gasteiger partial charge in [-0.2, -0.15) is 0 Å². The molecule has 0 aromatic heterocycles. The van der Waals surface area contributed by atoms with Gasteiger partial charge in [0.15, 0.2) is 11.6 Å². The number of nitrogens with one attached hydrogen (secondary N) is 1. The van der Waals surface area contributed by atoms with E-state index in [2.05, 4.69) is 11.6 Å². The molecule has 0 saturated heterocycles. The summed E-state index contributed by atoms with van der Waals surface area (Å²) in [6.45, 7) is 4.24. The summed E-state index contributed by atoms with van der Waals surface area (Å²) in [6.07, 6.45) is 6.01. The molecule has 0 bridgehead atoms. The third-order valence-electron chi connectivity index (χ3n) is 6.36. The van der Waals surface area contributed by atoms with Crippen LogP contribution in [0.5, 0.6) is 0 Å². The number of alkyl halides is 1. The molecular weight excluding hydrogens is 504 g/mol. The fraction of sp³-hybridized carbons (Fsp3) is 0.235. The van der Waals surface area contributed by atoms with Crippen LogP contribution < -0.4 is 0 Å². The molecular formula is C34H35ClN2O2. The predicted octanol–water partition coefficient (Wildman–Crippen LogP) is 8.11. The fourth-order valence-corrected chi connectivity index (χ4v) is 4.42. The fourth-order valence-electron chi connectivity index (χ4n) is 4.22. The van der Waals surface area contributed by atoms with Crippen LogP contribution in [0.3, 0.4) is 0 Å². The normalized spacial score (nSPS) is 11.7. The Hall–Kier alpha value is -3.89. The first kappa shape index (κ1) is 29.7. The molecule has 5 heteroatoms. The van der Waals surface area contributed by atoms with E-state index in [1.807, 2.05) is 91.0 Å². The van der Waals surface area contributed by atoms with Gasteiger partial charge in [0, 0.05) is 42.8 Å². The van der Waals surface area contributed by atoms with Gasteiger partial charge in [0.05, 0.1) is 5.88 Å². The Morgan fingerprint density at radius 3 is 2.15 bits per heavy atom. The third-order valence-corrected chi connectivity index (χ3v) is 6.63. The third kappa shape index (κ3) is 10.1. The number of nitrogens with zero attached hydrogens (tertiary/aromatic N) is 1. The number of ketones is 2. The van der Waals surface area contributed by atoms with Crippen molar-refractivity contribution in [2.24, 2.45) is 4.99 Å². The van der Waals surface area contributed by atoms with Crippen molar-refractivity contribution in [3.63, 3.8) is 0 Å². The van der Waals surface area contributed by atoms with Gasteiger partial charge in [-0.05, 0) is 47.6 Å². The van der Waals surface area contributed by atoms with E-state index in [0.717, 1.165) is 22.4 Å². The van der Waals surface area contributed by atoms with E-state index in [-0.39, 0.29) is 18.0 Å². The Morgan fingerprint density at radius 2 is 1.51 bits per heavy atom. The number of benzene rings is 3. The average Bonchev–Trinajstić information content (AvgIpc) is 2.97. The van der Waals surface area contributed by atoms with Gasteiger partial charge in [-0.15, -0.1) is 11.6 Å². The van der Waals surface area contributed by atoms with Crippen LogP contribution in [0.25, 0.3) is 11.1 Å². The first-order valence-corrected chi connectivity index (χ1v) is 13.8. The summed E-state index contributed by atoms with van der Waals surface area (Å²) in [6, 6.07) is 27.4. The van der Waals surface area contributed by atoms with E-state index in [4.69, 9.17) is 17.0 Å². The van der Waals surface area contributed by atoms with Gasteiger partial charge in [-0.1, -0.05) is 97.6 Å². The summed E-state index contributed by atoms with van der Waals surface area (Å²) >= 11 is 5.85. The second-order valence-electron chi connectivity index (χ2n) is 9.31. The first-order valence-electron chi connectivity index (χ1n) is 13.2. The number of hydrogen-bond donors (Lipinski definition) is 1. The number of hydrogen-bond acceptors (Lipinski definition) is 4. The highest BCUT2D eigenvalue weighted by Gasteiger charge is 2.14. The van der Waals surface area contributed by atoms with E-state index in [1.54, 1.807) is 6.08 Å². The summed E-state index contributed by atoms with van der Waals surface area (Å²) < 4.78 is 0. The van der Waals surface area contributed by atoms with E-state index >= 15 is 0 Å². The van der Waals surface area contributed by atoms with Gasteiger partial charge >= 0.3 is 0 Å². The van der Waals surface area contributed by atoms with E-state index in [9.17, 15) is 9.59 Å². The zero-order chi connectivity index (χ0) is 27.9. The van der Waals surface area contributed by atoms with Crippen molar-refractivity contribution in [3.05, 3.63) is 120 Å². The quantitative estimate of drug-likeness (QED) is 0.0657. The van der Waals surface area contributed by atoms with Crippen molar-refractivity contribution in [1.29, 1.82) is 5.41 Å². The molecule has 3 rings (SSSR count). The smallest absolute Gasteiger partial charge is 0.164 e. The topological polar surface area (TPSA) is 70.3 Å². The minimum Gasteiger partial charge on any atom is -0.309 e. The van der Waals surface area contributed by atoms with Crippen molar-refractivity contribution in [2.45, 2.75) is 38.5 Å². The molecule has 4 nitrogen and oxygen atoms in total. The number of Topliss-reactive ketones (excluding diaryl/α,β-unsaturated/α-hetero) is 2. The minimum atomic E-state index is -0.0686. The Labute approximate surface area is 236 Å². The van der Waals surface area contributed by atoms with E-state index in [1.165, 1.54) is 0 Å². The minimum absolute atomic E-state index is 0.0387. The van der Waals surface area contributed by atoms with Crippen LogP contribution in [0, 0.1) is 5.41 Å². The SMILES string of the molecule is C=CC(CCl)=NCCC/C(=C/CCC(=O)c1ccc(-c2ccccc2)cc1)C(=O)CC(=N)Cc1ccccc1. The number of rotatable bonds is 16. The first-order chi connectivity index (χ1) is 19.0. The largest absolute Gasteiger partial charge is 0.309 e. The molecule has 200 valence electrons. The molecule has 3 aromatic rings. The van der Waals surface area contributed by atoms with Gasteiger partial charge in [-0.25, -0.2) is 0 Å². The molecule has 0 unspecified atom stereocenters. The van der Waals surface area contributed by atoms with Crippen LogP contribution in [-0.2, 0) is 11.2 Å². The summed E-state index contributed by atoms with van der Waals surface area (Å²) in [5.74, 6) is 0.272. The molecule has 0 aliphatic carbocycles. The molecule has 0 atom stereocenters. The summed E-state index contributed by atoms with van der Waals surface area (Å²) in [5.41, 5.74) is 5.60. The molecule has 0 saturated carbocycles. The van der Waals surface area contributed by atoms with Crippen LogP contribution in [0.4, 0.5) is 0 Å². The van der Waals surface area contributed by atoms with Crippen LogP contribution in [0.15, 0.2) is 114 Å². The lowest BCUT2D eigenvalue weighted by Gasteiger charge is -2.09. The molecule has 0 fully saturated rings. The molecule has 0 amide bonds. The lowest BCUT2D eigenvalue weighted by atomic mass is 9.96. The van der Waals surface area contributed by atoms with Crippen molar-refractivity contribution in [3.8, 4) is 11.1 Å². The maximum absolute atomic E-state index is 13.1. The lowest BCUT2D eigenvalue weighted by Crippen LogP contribution is -2.12. The number of halogens is 1. The van der Waals surface area contributed by atoms with Crippen molar-refractivity contribution in [2.75, 3.05) is 12.4 Å². The highest BCUT2D eigenvalue weighted by Crippen LogP contribution is 2.20. The second kappa shape index (κ2) is 16.2. The molecule has 3 aromatic carbocycles. The Bertz CT molecular complexity index is 1310. The van der Waals surface area contributed by atoms with Gasteiger partial charge in [0.1, 0.15) is 0 Å². The number of carbonyl (C=O) groups excluding carboxylic acids is 2. The summed E-state index contributed by atoms with van der Waals surface area (Å²) in [5, 5.41) is 8.36. The number of carbonyl (C=O) groups is 2. The highest BCUT2D eigenvalue weighted by atomic mass is 35.5. The second-order valence-corrected chi connectivity index (χ2v) is 9.58. The predicted molar refractivity (Wildman–Crippen MR) is 163 cm³/mol. The van der Waals surface area contributed by atoms with Gasteiger partial charge in [-0.3, -0.25) is 14.6 Å². The van der Waals surface area contributed by atoms with Gasteiger partial charge in [0.2, 0.25) is 0 Å². The van der Waals surface area contributed by atoms with Gasteiger partial charge < -0.3 is 5.41 Å². The van der Waals surface area contributed by atoms with E-state index in [0.29, 0.717) is 61.4 Å². The number of aliphatic imine (C=N–C) groups is 1. The standard InChI is InChI=1S/C34H35ClN2O2/c1-2-32(25-35)37-22-10-16-29(34(39)24-31(36)23-26-11-5-3-6-12-26)15-9-17-33(38)30-20-18-28(19-21-30)27-13-7-4-8-14-27/h2-8,11-15,18-21,36H,1,9-10,16-17,22-25H2/b29-15-,36-31?,37-32?. The Kier molecular flexibility index (Phi) is 12.3. The summed E-state index contributed by atoms with van der Waals surface area (Å²) in [7, 11) is 0. The molecule has 0 heterocycles. The molecule has 39 heavy (non-hydrogen) atoms. The maximum atomic E-state index is 13.1. The van der Waals surface area contributed by atoms with E-state index < -0.39 is 0 Å². The molecule has 0 spiro atoms. The molecule has 0 radical (unpaired) electrons.